The van der Waals surface area contributed by atoms with E-state index in [4.69, 9.17) is 4.52 Å². The summed E-state index contributed by atoms with van der Waals surface area (Å²) >= 11 is 1.73. The van der Waals surface area contributed by atoms with Crippen LogP contribution in [-0.4, -0.2) is 41.1 Å². The number of likely N-dealkylation sites (tertiary alicyclic amines) is 1. The first-order valence-corrected chi connectivity index (χ1v) is 10.9. The van der Waals surface area contributed by atoms with Crippen LogP contribution in [0, 0.1) is 0 Å². The molecular formula is C21H27N3O2S. The summed E-state index contributed by atoms with van der Waals surface area (Å²) in [6.45, 7) is 6.32. The molecule has 1 fully saturated rings. The number of benzene rings is 1. The molecule has 3 heterocycles. The summed E-state index contributed by atoms with van der Waals surface area (Å²) in [5.41, 5.74) is 2.38. The molecule has 0 saturated carbocycles. The molecular weight excluding hydrogens is 358 g/mol. The van der Waals surface area contributed by atoms with E-state index in [1.165, 1.54) is 24.2 Å². The Kier molecular flexibility index (Phi) is 5.55. The Morgan fingerprint density at radius 2 is 2.07 bits per heavy atom. The van der Waals surface area contributed by atoms with Gasteiger partial charge in [0.05, 0.1) is 0 Å². The van der Waals surface area contributed by atoms with E-state index in [1.807, 2.05) is 18.2 Å². The van der Waals surface area contributed by atoms with Gasteiger partial charge in [-0.2, -0.15) is 0 Å². The highest BCUT2D eigenvalue weighted by Crippen LogP contribution is 2.42. The minimum absolute atomic E-state index is 0.125. The summed E-state index contributed by atoms with van der Waals surface area (Å²) in [4.78, 5) is 16.4. The van der Waals surface area contributed by atoms with Gasteiger partial charge in [-0.3, -0.25) is 9.69 Å². The Balaban J connectivity index is 1.34. The maximum Gasteiger partial charge on any atom is 0.273 e. The topological polar surface area (TPSA) is 58.4 Å². The Bertz CT molecular complexity index is 810. The van der Waals surface area contributed by atoms with Crippen molar-refractivity contribution in [2.24, 2.45) is 0 Å². The summed E-state index contributed by atoms with van der Waals surface area (Å²) in [6, 6.07) is 9.39. The van der Waals surface area contributed by atoms with Crippen molar-refractivity contribution in [3.05, 3.63) is 35.5 Å². The maximum absolute atomic E-state index is 12.6. The number of nitrogens with zero attached hydrogens (tertiary/aromatic N) is 2. The first-order valence-electron chi connectivity index (χ1n) is 9.90. The first kappa shape index (κ1) is 18.6. The Morgan fingerprint density at radius 3 is 2.89 bits per heavy atom. The fourth-order valence-corrected chi connectivity index (χ4v) is 5.28. The van der Waals surface area contributed by atoms with Crippen LogP contribution in [0.25, 0.3) is 11.3 Å². The fraction of sp³-hybridized carbons (Fsp3) is 0.524. The van der Waals surface area contributed by atoms with Crippen LogP contribution in [0.3, 0.4) is 0 Å². The number of carbonyl (C=O) groups is 1. The molecule has 2 aliphatic rings. The number of amides is 1. The van der Waals surface area contributed by atoms with Crippen LogP contribution in [0.1, 0.15) is 55.6 Å². The van der Waals surface area contributed by atoms with Gasteiger partial charge >= 0.3 is 0 Å². The SMILES string of the molecule is C[C@H]1CCC[C@H](C)N1CCCNC(=O)c1noc2c1CSc1ccccc1-2. The number of thioether (sulfide) groups is 1. The van der Waals surface area contributed by atoms with Crippen LogP contribution in [-0.2, 0) is 5.75 Å². The second-order valence-electron chi connectivity index (χ2n) is 7.60. The summed E-state index contributed by atoms with van der Waals surface area (Å²) in [7, 11) is 0. The van der Waals surface area contributed by atoms with Gasteiger partial charge in [-0.15, -0.1) is 11.8 Å². The first-order chi connectivity index (χ1) is 13.1. The highest BCUT2D eigenvalue weighted by atomic mass is 32.2. The smallest absolute Gasteiger partial charge is 0.273 e. The monoisotopic (exact) mass is 385 g/mol. The molecule has 27 heavy (non-hydrogen) atoms. The number of aromatic nitrogens is 1. The quantitative estimate of drug-likeness (QED) is 0.777. The van der Waals surface area contributed by atoms with Gasteiger partial charge in [-0.1, -0.05) is 23.7 Å². The number of hydrogen-bond acceptors (Lipinski definition) is 5. The molecule has 1 amide bonds. The van der Waals surface area contributed by atoms with Gasteiger partial charge < -0.3 is 9.84 Å². The van der Waals surface area contributed by atoms with E-state index < -0.39 is 0 Å². The minimum Gasteiger partial charge on any atom is -0.355 e. The van der Waals surface area contributed by atoms with E-state index in [-0.39, 0.29) is 5.91 Å². The summed E-state index contributed by atoms with van der Waals surface area (Å²) < 4.78 is 5.53. The summed E-state index contributed by atoms with van der Waals surface area (Å²) in [6.07, 6.45) is 4.84. The van der Waals surface area contributed by atoms with Crippen molar-refractivity contribution in [3.63, 3.8) is 0 Å². The molecule has 144 valence electrons. The second kappa shape index (κ2) is 8.07. The molecule has 1 N–H and O–H groups in total. The molecule has 1 aromatic heterocycles. The average molecular weight is 386 g/mol. The molecule has 0 unspecified atom stereocenters. The lowest BCUT2D eigenvalue weighted by Crippen LogP contribution is -2.44. The molecule has 2 atom stereocenters. The van der Waals surface area contributed by atoms with Gasteiger partial charge in [0.2, 0.25) is 0 Å². The van der Waals surface area contributed by atoms with Gasteiger partial charge in [0.25, 0.3) is 5.91 Å². The molecule has 0 radical (unpaired) electrons. The normalized spacial score (nSPS) is 22.1. The van der Waals surface area contributed by atoms with Gasteiger partial charge in [-0.25, -0.2) is 0 Å². The van der Waals surface area contributed by atoms with Crippen molar-refractivity contribution < 1.29 is 9.32 Å². The van der Waals surface area contributed by atoms with E-state index in [9.17, 15) is 4.79 Å². The number of hydrogen-bond donors (Lipinski definition) is 1. The zero-order valence-corrected chi connectivity index (χ0v) is 16.8. The number of nitrogens with one attached hydrogen (secondary N) is 1. The van der Waals surface area contributed by atoms with Crippen LogP contribution in [0.2, 0.25) is 0 Å². The molecule has 1 aromatic carbocycles. The van der Waals surface area contributed by atoms with Gasteiger partial charge in [-0.05, 0) is 45.2 Å². The second-order valence-corrected chi connectivity index (χ2v) is 8.62. The highest BCUT2D eigenvalue weighted by Gasteiger charge is 2.28. The predicted molar refractivity (Wildman–Crippen MR) is 108 cm³/mol. The van der Waals surface area contributed by atoms with Crippen molar-refractivity contribution >= 4 is 17.7 Å². The lowest BCUT2D eigenvalue weighted by atomic mass is 9.97. The van der Waals surface area contributed by atoms with E-state index in [0.717, 1.165) is 35.6 Å². The molecule has 0 aliphatic carbocycles. The minimum atomic E-state index is -0.125. The van der Waals surface area contributed by atoms with Gasteiger partial charge in [0, 0.05) is 46.9 Å². The number of piperidine rings is 1. The van der Waals surface area contributed by atoms with Crippen molar-refractivity contribution in [1.29, 1.82) is 0 Å². The highest BCUT2D eigenvalue weighted by molar-refractivity contribution is 7.98. The van der Waals surface area contributed by atoms with Crippen molar-refractivity contribution in [2.75, 3.05) is 13.1 Å². The molecule has 4 rings (SSSR count). The molecule has 0 spiro atoms. The van der Waals surface area contributed by atoms with Gasteiger partial charge in [0.15, 0.2) is 11.5 Å². The van der Waals surface area contributed by atoms with Crippen molar-refractivity contribution in [1.82, 2.24) is 15.4 Å². The molecule has 2 aromatic rings. The average Bonchev–Trinajstić information content (AvgIpc) is 3.11. The largest absolute Gasteiger partial charge is 0.355 e. The summed E-state index contributed by atoms with van der Waals surface area (Å²) in [5, 5.41) is 7.11. The van der Waals surface area contributed by atoms with E-state index in [1.54, 1.807) is 11.8 Å². The molecule has 1 saturated heterocycles. The Hall–Kier alpha value is -1.79. The number of rotatable bonds is 5. The lowest BCUT2D eigenvalue weighted by molar-refractivity contribution is 0.0918. The van der Waals surface area contributed by atoms with E-state index >= 15 is 0 Å². The number of fused-ring (bicyclic) bond motifs is 3. The molecule has 2 aliphatic heterocycles. The third kappa shape index (κ3) is 3.78. The lowest BCUT2D eigenvalue weighted by Gasteiger charge is -2.39. The third-order valence-electron chi connectivity index (χ3n) is 5.76. The van der Waals surface area contributed by atoms with E-state index in [2.05, 4.69) is 35.3 Å². The van der Waals surface area contributed by atoms with E-state index in [0.29, 0.717) is 24.3 Å². The fourth-order valence-electron chi connectivity index (χ4n) is 4.23. The third-order valence-corrected chi connectivity index (χ3v) is 6.86. The Morgan fingerprint density at radius 1 is 1.30 bits per heavy atom. The molecule has 6 heteroatoms. The van der Waals surface area contributed by atoms with Crippen LogP contribution in [0.15, 0.2) is 33.7 Å². The zero-order valence-electron chi connectivity index (χ0n) is 16.0. The van der Waals surface area contributed by atoms with Crippen LogP contribution >= 0.6 is 11.8 Å². The van der Waals surface area contributed by atoms with Crippen molar-refractivity contribution in [3.8, 4) is 11.3 Å². The summed E-state index contributed by atoms with van der Waals surface area (Å²) in [5.74, 6) is 1.34. The van der Waals surface area contributed by atoms with Crippen LogP contribution in [0.5, 0.6) is 0 Å². The van der Waals surface area contributed by atoms with Crippen LogP contribution in [0.4, 0.5) is 0 Å². The molecule has 5 nitrogen and oxygen atoms in total. The standard InChI is InChI=1S/C21H27N3O2S/c1-14-7-5-8-15(2)24(14)12-6-11-22-21(25)19-17-13-27-18-10-4-3-9-16(18)20(17)26-23-19/h3-4,9-10,14-15H,5-8,11-13H2,1-2H3,(H,22,25)/t14-,15-/m0/s1. The number of carbonyl (C=O) groups excluding carboxylic acids is 1. The maximum atomic E-state index is 12.6. The zero-order chi connectivity index (χ0) is 18.8. The molecule has 0 bridgehead atoms. The van der Waals surface area contributed by atoms with Crippen LogP contribution < -0.4 is 5.32 Å². The van der Waals surface area contributed by atoms with Gasteiger partial charge in [0.1, 0.15) is 0 Å². The Labute approximate surface area is 164 Å². The van der Waals surface area contributed by atoms with Crippen molar-refractivity contribution in [2.45, 2.75) is 62.3 Å². The predicted octanol–water partition coefficient (Wildman–Crippen LogP) is 4.33.